The Balaban J connectivity index is 2.35. The van der Waals surface area contributed by atoms with Gasteiger partial charge in [-0.05, 0) is 26.1 Å². The van der Waals surface area contributed by atoms with Crippen molar-refractivity contribution in [2.75, 3.05) is 26.4 Å². The summed E-state index contributed by atoms with van der Waals surface area (Å²) >= 11 is 1.92. The molecule has 0 radical (unpaired) electrons. The van der Waals surface area contributed by atoms with Gasteiger partial charge in [-0.25, -0.2) is 0 Å². The van der Waals surface area contributed by atoms with Gasteiger partial charge >= 0.3 is 0 Å². The lowest BCUT2D eigenvalue weighted by molar-refractivity contribution is -0.120. The molecule has 2 N–H and O–H groups in total. The van der Waals surface area contributed by atoms with E-state index in [1.165, 1.54) is 32.1 Å². The SMILES string of the molecule is CNCC(=O)NCC1(SC)CCCCC1. The Morgan fingerprint density at radius 2 is 2.00 bits per heavy atom. The van der Waals surface area contributed by atoms with Crippen molar-refractivity contribution in [1.82, 2.24) is 10.6 Å². The van der Waals surface area contributed by atoms with Crippen LogP contribution in [0.5, 0.6) is 0 Å². The topological polar surface area (TPSA) is 41.1 Å². The average Bonchev–Trinajstić information content (AvgIpc) is 2.28. The molecule has 0 unspecified atom stereocenters. The molecular weight excluding hydrogens is 208 g/mol. The van der Waals surface area contributed by atoms with Crippen LogP contribution in [0.4, 0.5) is 0 Å². The molecule has 1 aliphatic rings. The smallest absolute Gasteiger partial charge is 0.233 e. The summed E-state index contributed by atoms with van der Waals surface area (Å²) in [6, 6.07) is 0. The zero-order valence-corrected chi connectivity index (χ0v) is 10.6. The highest BCUT2D eigenvalue weighted by atomic mass is 32.2. The molecule has 0 aromatic heterocycles. The van der Waals surface area contributed by atoms with Gasteiger partial charge in [-0.3, -0.25) is 4.79 Å². The van der Waals surface area contributed by atoms with Crippen LogP contribution >= 0.6 is 11.8 Å². The molecule has 0 heterocycles. The lowest BCUT2D eigenvalue weighted by Gasteiger charge is -2.35. The molecule has 3 nitrogen and oxygen atoms in total. The number of hydrogen-bond acceptors (Lipinski definition) is 3. The fraction of sp³-hybridized carbons (Fsp3) is 0.909. The minimum absolute atomic E-state index is 0.108. The van der Waals surface area contributed by atoms with E-state index in [9.17, 15) is 4.79 Å². The van der Waals surface area contributed by atoms with Crippen LogP contribution in [0.3, 0.4) is 0 Å². The highest BCUT2D eigenvalue weighted by molar-refractivity contribution is 8.00. The molecule has 1 rings (SSSR count). The second-order valence-electron chi connectivity index (χ2n) is 4.25. The third-order valence-corrected chi connectivity index (χ3v) is 4.56. The van der Waals surface area contributed by atoms with Crippen molar-refractivity contribution < 1.29 is 4.79 Å². The van der Waals surface area contributed by atoms with Crippen LogP contribution in [-0.2, 0) is 4.79 Å². The molecule has 1 amide bonds. The Hall–Kier alpha value is -0.220. The molecule has 1 saturated carbocycles. The van der Waals surface area contributed by atoms with Gasteiger partial charge in [0.05, 0.1) is 6.54 Å². The van der Waals surface area contributed by atoms with Gasteiger partial charge in [-0.1, -0.05) is 19.3 Å². The minimum Gasteiger partial charge on any atom is -0.354 e. The molecule has 1 aliphatic carbocycles. The quantitative estimate of drug-likeness (QED) is 0.750. The number of carbonyl (C=O) groups excluding carboxylic acids is 1. The van der Waals surface area contributed by atoms with Crippen LogP contribution in [-0.4, -0.2) is 37.0 Å². The highest BCUT2D eigenvalue weighted by Crippen LogP contribution is 2.37. The number of hydrogen-bond donors (Lipinski definition) is 2. The van der Waals surface area contributed by atoms with Crippen molar-refractivity contribution in [3.8, 4) is 0 Å². The van der Waals surface area contributed by atoms with E-state index in [-0.39, 0.29) is 5.91 Å². The number of carbonyl (C=O) groups is 1. The summed E-state index contributed by atoms with van der Waals surface area (Å²) in [5, 5.41) is 5.89. The second-order valence-corrected chi connectivity index (χ2v) is 5.53. The molecule has 0 spiro atoms. The molecule has 0 aromatic rings. The maximum atomic E-state index is 11.4. The first-order chi connectivity index (χ1) is 7.22. The van der Waals surface area contributed by atoms with E-state index in [1.54, 1.807) is 7.05 Å². The highest BCUT2D eigenvalue weighted by Gasteiger charge is 2.31. The summed E-state index contributed by atoms with van der Waals surface area (Å²) in [5.74, 6) is 0.108. The number of amides is 1. The number of thioether (sulfide) groups is 1. The predicted molar refractivity (Wildman–Crippen MR) is 66.3 cm³/mol. The van der Waals surface area contributed by atoms with Crippen molar-refractivity contribution >= 4 is 17.7 Å². The zero-order chi connectivity index (χ0) is 11.1. The van der Waals surface area contributed by atoms with Gasteiger partial charge in [0.1, 0.15) is 0 Å². The normalized spacial score (nSPS) is 19.9. The van der Waals surface area contributed by atoms with E-state index in [0.717, 1.165) is 6.54 Å². The summed E-state index contributed by atoms with van der Waals surface area (Å²) in [6.07, 6.45) is 8.62. The summed E-state index contributed by atoms with van der Waals surface area (Å²) in [7, 11) is 1.80. The van der Waals surface area contributed by atoms with Gasteiger partial charge in [0, 0.05) is 11.3 Å². The summed E-state index contributed by atoms with van der Waals surface area (Å²) in [6.45, 7) is 1.25. The Morgan fingerprint density at radius 1 is 1.33 bits per heavy atom. The van der Waals surface area contributed by atoms with Crippen LogP contribution in [0.15, 0.2) is 0 Å². The fourth-order valence-corrected chi connectivity index (χ4v) is 3.05. The van der Waals surface area contributed by atoms with Gasteiger partial charge in [0.15, 0.2) is 0 Å². The van der Waals surface area contributed by atoms with Crippen molar-refractivity contribution in [3.05, 3.63) is 0 Å². The van der Waals surface area contributed by atoms with Gasteiger partial charge in [0.25, 0.3) is 0 Å². The third kappa shape index (κ3) is 4.03. The van der Waals surface area contributed by atoms with E-state index in [1.807, 2.05) is 11.8 Å². The van der Waals surface area contributed by atoms with Gasteiger partial charge in [-0.2, -0.15) is 11.8 Å². The first-order valence-electron chi connectivity index (χ1n) is 5.69. The van der Waals surface area contributed by atoms with Gasteiger partial charge in [0.2, 0.25) is 5.91 Å². The molecular formula is C11H22N2OS. The average molecular weight is 230 g/mol. The van der Waals surface area contributed by atoms with Crippen LogP contribution in [0.2, 0.25) is 0 Å². The van der Waals surface area contributed by atoms with Crippen molar-refractivity contribution in [2.24, 2.45) is 0 Å². The van der Waals surface area contributed by atoms with E-state index in [2.05, 4.69) is 16.9 Å². The number of rotatable bonds is 5. The third-order valence-electron chi connectivity index (χ3n) is 3.14. The first-order valence-corrected chi connectivity index (χ1v) is 6.91. The maximum Gasteiger partial charge on any atom is 0.233 e. The fourth-order valence-electron chi connectivity index (χ4n) is 2.13. The maximum absolute atomic E-state index is 11.4. The second kappa shape index (κ2) is 6.38. The molecule has 0 saturated heterocycles. The van der Waals surface area contributed by atoms with Crippen LogP contribution in [0, 0.1) is 0 Å². The first kappa shape index (κ1) is 12.8. The summed E-state index contributed by atoms with van der Waals surface area (Å²) < 4.78 is 0.307. The van der Waals surface area contributed by atoms with Crippen LogP contribution < -0.4 is 10.6 Å². The van der Waals surface area contributed by atoms with Gasteiger partial charge in [-0.15, -0.1) is 0 Å². The van der Waals surface area contributed by atoms with Crippen LogP contribution in [0.25, 0.3) is 0 Å². The lowest BCUT2D eigenvalue weighted by atomic mass is 9.88. The Bertz CT molecular complexity index is 203. The van der Waals surface area contributed by atoms with Gasteiger partial charge < -0.3 is 10.6 Å². The van der Waals surface area contributed by atoms with E-state index >= 15 is 0 Å². The molecule has 1 fully saturated rings. The van der Waals surface area contributed by atoms with Crippen molar-refractivity contribution in [3.63, 3.8) is 0 Å². The Morgan fingerprint density at radius 3 is 2.53 bits per heavy atom. The predicted octanol–water partition coefficient (Wildman–Crippen LogP) is 1.39. The largest absolute Gasteiger partial charge is 0.354 e. The monoisotopic (exact) mass is 230 g/mol. The number of nitrogens with one attached hydrogen (secondary N) is 2. The van der Waals surface area contributed by atoms with Crippen molar-refractivity contribution in [1.29, 1.82) is 0 Å². The molecule has 0 aliphatic heterocycles. The molecule has 0 atom stereocenters. The molecule has 15 heavy (non-hydrogen) atoms. The zero-order valence-electron chi connectivity index (χ0n) is 9.77. The number of likely N-dealkylation sites (N-methyl/N-ethyl adjacent to an activating group) is 1. The standard InChI is InChI=1S/C11H22N2OS/c1-12-8-10(14)13-9-11(15-2)6-4-3-5-7-11/h12H,3-9H2,1-2H3,(H,13,14). The van der Waals surface area contributed by atoms with E-state index in [0.29, 0.717) is 11.3 Å². The lowest BCUT2D eigenvalue weighted by Crippen LogP contribution is -2.44. The van der Waals surface area contributed by atoms with E-state index in [4.69, 9.17) is 0 Å². The molecule has 0 bridgehead atoms. The van der Waals surface area contributed by atoms with Crippen LogP contribution in [0.1, 0.15) is 32.1 Å². The minimum atomic E-state index is 0.108. The summed E-state index contributed by atoms with van der Waals surface area (Å²) in [4.78, 5) is 11.4. The molecule has 4 heteroatoms. The molecule has 88 valence electrons. The molecule has 0 aromatic carbocycles. The van der Waals surface area contributed by atoms with E-state index < -0.39 is 0 Å². The summed E-state index contributed by atoms with van der Waals surface area (Å²) in [5.41, 5.74) is 0. The Kier molecular flexibility index (Phi) is 5.47. The Labute approximate surface area is 96.8 Å². The van der Waals surface area contributed by atoms with Crippen molar-refractivity contribution in [2.45, 2.75) is 36.9 Å².